The Morgan fingerprint density at radius 1 is 1.32 bits per heavy atom. The van der Waals surface area contributed by atoms with Gasteiger partial charge in [0.2, 0.25) is 0 Å². The summed E-state index contributed by atoms with van der Waals surface area (Å²) in [6, 6.07) is 1.22. The molecule has 3 aliphatic heterocycles. The summed E-state index contributed by atoms with van der Waals surface area (Å²) in [7, 11) is 1.92. The maximum atomic E-state index is 12.4. The number of nitrogens with zero attached hydrogens (tertiary/aromatic N) is 5. The molecule has 10 heteroatoms. The van der Waals surface area contributed by atoms with E-state index in [0.29, 0.717) is 18.9 Å². The van der Waals surface area contributed by atoms with Crippen LogP contribution in [0.4, 0.5) is 18.0 Å². The highest BCUT2D eigenvalue weighted by atomic mass is 19.4. The topological polar surface area (TPSA) is 67.5 Å². The number of rotatable bonds is 3. The number of nitrogens with one attached hydrogen (secondary N) is 1. The summed E-state index contributed by atoms with van der Waals surface area (Å²) >= 11 is 0. The second-order valence-corrected chi connectivity index (χ2v) is 7.22. The van der Waals surface area contributed by atoms with Crippen LogP contribution in [0.2, 0.25) is 0 Å². The minimum absolute atomic E-state index is 0.0100. The van der Waals surface area contributed by atoms with Crippen LogP contribution in [-0.4, -0.2) is 55.7 Å². The molecular formula is C18H21F3N6O. The maximum Gasteiger partial charge on any atom is 0.405 e. The Morgan fingerprint density at radius 2 is 2.11 bits per heavy atom. The fraction of sp³-hybridized carbons (Fsp3) is 0.500. The van der Waals surface area contributed by atoms with Crippen molar-refractivity contribution in [1.29, 1.82) is 0 Å². The highest BCUT2D eigenvalue weighted by Gasteiger charge is 2.38. The number of halogens is 3. The van der Waals surface area contributed by atoms with Crippen LogP contribution in [0, 0.1) is 5.92 Å². The monoisotopic (exact) mass is 394 g/mol. The summed E-state index contributed by atoms with van der Waals surface area (Å²) in [5.41, 5.74) is 2.78. The molecular weight excluding hydrogens is 373 g/mol. The van der Waals surface area contributed by atoms with Crippen LogP contribution in [0.25, 0.3) is 17.2 Å². The normalized spacial score (nSPS) is 20.4. The van der Waals surface area contributed by atoms with E-state index in [4.69, 9.17) is 0 Å². The number of aromatic nitrogens is 4. The van der Waals surface area contributed by atoms with Gasteiger partial charge in [0.1, 0.15) is 12.2 Å². The van der Waals surface area contributed by atoms with Gasteiger partial charge < -0.3 is 14.8 Å². The van der Waals surface area contributed by atoms with Gasteiger partial charge in [-0.15, -0.1) is 0 Å². The molecule has 4 rings (SSSR count). The molecule has 0 unspecified atom stereocenters. The van der Waals surface area contributed by atoms with Gasteiger partial charge in [0.05, 0.1) is 11.9 Å². The lowest BCUT2D eigenvalue weighted by Crippen LogP contribution is -2.42. The van der Waals surface area contributed by atoms with Crippen LogP contribution in [0.5, 0.6) is 0 Å². The largest absolute Gasteiger partial charge is 0.405 e. The highest BCUT2D eigenvalue weighted by Crippen LogP contribution is 2.37. The van der Waals surface area contributed by atoms with Crippen molar-refractivity contribution in [2.75, 3.05) is 19.6 Å². The number of carbonyl (C=O) groups is 1. The number of aryl methyl sites for hydroxylation is 1. The van der Waals surface area contributed by atoms with Gasteiger partial charge in [-0.2, -0.15) is 13.2 Å². The van der Waals surface area contributed by atoms with E-state index in [-0.39, 0.29) is 11.8 Å². The molecule has 28 heavy (non-hydrogen) atoms. The lowest BCUT2D eigenvalue weighted by Gasteiger charge is -2.18. The third kappa shape index (κ3) is 3.16. The Balaban J connectivity index is 1.65. The van der Waals surface area contributed by atoms with Crippen molar-refractivity contribution < 1.29 is 18.0 Å². The first kappa shape index (κ1) is 18.6. The third-order valence-corrected chi connectivity index (χ3v) is 5.45. The van der Waals surface area contributed by atoms with Crippen molar-refractivity contribution in [3.63, 3.8) is 0 Å². The number of urea groups is 1. The average molecular weight is 394 g/mol. The third-order valence-electron chi connectivity index (χ3n) is 5.45. The zero-order valence-electron chi connectivity index (χ0n) is 15.6. The molecule has 150 valence electrons. The molecule has 1 aromatic heterocycles. The number of fused-ring (bicyclic) bond motifs is 3. The first-order valence-electron chi connectivity index (χ1n) is 9.15. The van der Waals surface area contributed by atoms with Gasteiger partial charge in [-0.05, 0) is 12.0 Å². The second kappa shape index (κ2) is 6.68. The molecule has 0 spiro atoms. The fourth-order valence-corrected chi connectivity index (χ4v) is 4.07. The summed E-state index contributed by atoms with van der Waals surface area (Å²) < 4.78 is 41.3. The Kier molecular flexibility index (Phi) is 4.43. The number of likely N-dealkylation sites (tertiary alicyclic amines) is 1. The molecule has 1 fully saturated rings. The van der Waals surface area contributed by atoms with Gasteiger partial charge in [0.15, 0.2) is 5.82 Å². The molecule has 2 atom stereocenters. The van der Waals surface area contributed by atoms with Gasteiger partial charge in [-0.3, -0.25) is 4.40 Å². The van der Waals surface area contributed by atoms with E-state index in [0.717, 1.165) is 23.5 Å². The Labute approximate surface area is 159 Å². The van der Waals surface area contributed by atoms with Crippen molar-refractivity contribution in [2.45, 2.75) is 25.4 Å². The molecule has 4 heterocycles. The number of alkyl halides is 3. The van der Waals surface area contributed by atoms with Gasteiger partial charge in [0, 0.05) is 44.1 Å². The maximum absolute atomic E-state index is 12.4. The Hall–Kier alpha value is -2.78. The summed E-state index contributed by atoms with van der Waals surface area (Å²) in [5, 5.41) is 1.98. The van der Waals surface area contributed by atoms with Gasteiger partial charge in [-0.25, -0.2) is 14.8 Å². The zero-order chi connectivity index (χ0) is 20.1. The van der Waals surface area contributed by atoms with Crippen LogP contribution >= 0.6 is 0 Å². The van der Waals surface area contributed by atoms with Crippen LogP contribution in [0.3, 0.4) is 0 Å². The van der Waals surface area contributed by atoms with Crippen molar-refractivity contribution in [2.24, 2.45) is 13.0 Å². The van der Waals surface area contributed by atoms with Crippen molar-refractivity contribution in [3.05, 3.63) is 30.4 Å². The minimum Gasteiger partial charge on any atom is -0.334 e. The van der Waals surface area contributed by atoms with Crippen LogP contribution in [-0.2, 0) is 7.05 Å². The number of hydrogen-bond donors (Lipinski definition) is 1. The molecule has 0 saturated carbocycles. The first-order chi connectivity index (χ1) is 13.3. The van der Waals surface area contributed by atoms with Crippen LogP contribution in [0.1, 0.15) is 25.0 Å². The predicted molar refractivity (Wildman–Crippen MR) is 96.1 cm³/mol. The smallest absolute Gasteiger partial charge is 0.334 e. The highest BCUT2D eigenvalue weighted by molar-refractivity contribution is 5.74. The lowest BCUT2D eigenvalue weighted by molar-refractivity contribution is -0.123. The Morgan fingerprint density at radius 3 is 2.82 bits per heavy atom. The molecule has 1 aromatic rings. The SMILES string of the molecule is CC[C@@H]1CN(C(=O)NCC(F)(F)F)C[C@@H]1c1cn(C)c2cnc3nccc-3n12. The molecule has 7 nitrogen and oxygen atoms in total. The average Bonchev–Trinajstić information content (AvgIpc) is 3.34. The van der Waals surface area contributed by atoms with E-state index in [1.807, 2.05) is 36.1 Å². The summed E-state index contributed by atoms with van der Waals surface area (Å²) in [6.07, 6.45) is 1.85. The first-order valence-corrected chi connectivity index (χ1v) is 9.15. The quantitative estimate of drug-likeness (QED) is 0.743. The number of carbonyl (C=O) groups excluding carboxylic acids is 1. The van der Waals surface area contributed by atoms with E-state index >= 15 is 0 Å². The number of hydrogen-bond acceptors (Lipinski definition) is 3. The number of imidazole rings is 1. The predicted octanol–water partition coefficient (Wildman–Crippen LogP) is 2.87. The summed E-state index contributed by atoms with van der Waals surface area (Å²) in [5.74, 6) is 0.799. The van der Waals surface area contributed by atoms with Crippen molar-refractivity contribution in [3.8, 4) is 11.5 Å². The number of amides is 2. The molecule has 2 amide bonds. The van der Waals surface area contributed by atoms with Gasteiger partial charge in [-0.1, -0.05) is 13.3 Å². The summed E-state index contributed by atoms with van der Waals surface area (Å²) in [6.45, 7) is 1.51. The molecule has 1 saturated heterocycles. The molecule has 0 aromatic carbocycles. The van der Waals surface area contributed by atoms with Gasteiger partial charge >= 0.3 is 12.2 Å². The lowest BCUT2D eigenvalue weighted by atomic mass is 9.91. The van der Waals surface area contributed by atoms with E-state index in [2.05, 4.69) is 14.4 Å². The van der Waals surface area contributed by atoms with Crippen LogP contribution < -0.4 is 5.32 Å². The van der Waals surface area contributed by atoms with E-state index in [1.165, 1.54) is 4.90 Å². The van der Waals surface area contributed by atoms with E-state index in [9.17, 15) is 18.0 Å². The van der Waals surface area contributed by atoms with E-state index < -0.39 is 18.8 Å². The van der Waals surface area contributed by atoms with Crippen molar-refractivity contribution in [1.82, 2.24) is 29.2 Å². The molecule has 1 N–H and O–H groups in total. The second-order valence-electron chi connectivity index (χ2n) is 7.22. The van der Waals surface area contributed by atoms with Crippen LogP contribution in [0.15, 0.2) is 24.7 Å². The minimum atomic E-state index is -4.42. The standard InChI is InChI=1S/C18H21F3N6O/c1-3-11-7-26(17(28)24-10-18(19,20)21)8-12(11)14-9-25(2)15-6-23-16-13(27(14)15)4-5-22-16/h4-6,9,11-12H,3,7-8,10H2,1-2H3,(H,24,28)/t11-,12+/m1/s1. The van der Waals surface area contributed by atoms with Crippen molar-refractivity contribution >= 4 is 11.7 Å². The molecule has 0 aliphatic carbocycles. The summed E-state index contributed by atoms with van der Waals surface area (Å²) in [4.78, 5) is 22.4. The molecule has 0 radical (unpaired) electrons. The zero-order valence-corrected chi connectivity index (χ0v) is 15.6. The Bertz CT molecular complexity index is 978. The van der Waals surface area contributed by atoms with Gasteiger partial charge in [0.25, 0.3) is 0 Å². The fourth-order valence-electron chi connectivity index (χ4n) is 4.07. The molecule has 3 aliphatic rings. The van der Waals surface area contributed by atoms with E-state index in [1.54, 1.807) is 12.4 Å². The molecule has 0 bridgehead atoms.